The van der Waals surface area contributed by atoms with Gasteiger partial charge in [-0.05, 0) is 71.8 Å². The Bertz CT molecular complexity index is 2150. The number of hydrogen-bond acceptors (Lipinski definition) is 12. The Hall–Kier alpha value is -5.53. The number of methoxy groups -OCH3 is 1. The summed E-state index contributed by atoms with van der Waals surface area (Å²) in [5, 5.41) is 11.9. The summed E-state index contributed by atoms with van der Waals surface area (Å²) in [6.45, 7) is 2.92. The Morgan fingerprint density at radius 1 is 0.920 bits per heavy atom. The molecule has 1 aromatic heterocycles. The Balaban J connectivity index is 0.000000253. The Morgan fingerprint density at radius 3 is 2.32 bits per heavy atom. The number of nitrogens with zero attached hydrogens (tertiary/aromatic N) is 4. The van der Waals surface area contributed by atoms with Gasteiger partial charge in [0, 0.05) is 37.2 Å². The molecule has 4 aromatic carbocycles. The largest absolute Gasteiger partial charge is 0.494 e. The Morgan fingerprint density at radius 2 is 1.62 bits per heavy atom. The molecule has 50 heavy (non-hydrogen) atoms. The number of carbonyl (C=O) groups excluding carboxylic acids is 2. The van der Waals surface area contributed by atoms with Gasteiger partial charge >= 0.3 is 5.97 Å². The van der Waals surface area contributed by atoms with Gasteiger partial charge in [-0.2, -0.15) is 8.75 Å². The van der Waals surface area contributed by atoms with Gasteiger partial charge < -0.3 is 33.9 Å². The van der Waals surface area contributed by atoms with Gasteiger partial charge in [0.2, 0.25) is 0 Å². The van der Waals surface area contributed by atoms with E-state index in [0.717, 1.165) is 65.6 Å². The number of aromatic nitrogens is 2. The molecule has 256 valence electrons. The molecule has 13 heteroatoms. The van der Waals surface area contributed by atoms with Crippen LogP contribution in [0.15, 0.2) is 78.4 Å². The van der Waals surface area contributed by atoms with E-state index < -0.39 is 17.6 Å². The quantitative estimate of drug-likeness (QED) is 0.182. The summed E-state index contributed by atoms with van der Waals surface area (Å²) < 4.78 is 45.0. The van der Waals surface area contributed by atoms with E-state index in [1.165, 1.54) is 19.2 Å². The molecular weight excluding hydrogens is 663 g/mol. The zero-order valence-corrected chi connectivity index (χ0v) is 28.3. The highest BCUT2D eigenvalue weighted by atomic mass is 32.1. The molecule has 1 N–H and O–H groups in total. The van der Waals surface area contributed by atoms with Gasteiger partial charge in [0.05, 0.1) is 48.9 Å². The van der Waals surface area contributed by atoms with Gasteiger partial charge in [0.25, 0.3) is 5.79 Å². The highest BCUT2D eigenvalue weighted by Gasteiger charge is 2.48. The molecule has 11 nitrogen and oxygen atoms in total. The molecule has 0 fully saturated rings. The number of halogens is 1. The zero-order chi connectivity index (χ0) is 35.0. The van der Waals surface area contributed by atoms with Crippen LogP contribution in [-0.2, 0) is 21.7 Å². The molecule has 3 aliphatic rings. The molecule has 0 aliphatic carbocycles. The minimum Gasteiger partial charge on any atom is -0.494 e. The molecule has 5 aromatic rings. The van der Waals surface area contributed by atoms with Gasteiger partial charge in [-0.1, -0.05) is 12.1 Å². The van der Waals surface area contributed by atoms with Gasteiger partial charge in [-0.15, -0.1) is 0 Å². The van der Waals surface area contributed by atoms with Crippen molar-refractivity contribution in [2.75, 3.05) is 57.3 Å². The summed E-state index contributed by atoms with van der Waals surface area (Å²) in [6, 6.07) is 20.4. The van der Waals surface area contributed by atoms with Crippen LogP contribution in [0.1, 0.15) is 27.0 Å². The van der Waals surface area contributed by atoms with Crippen LogP contribution in [-0.4, -0.2) is 73.6 Å². The number of anilines is 2. The predicted octanol–water partition coefficient (Wildman–Crippen LogP) is 5.39. The first-order valence-electron chi connectivity index (χ1n) is 15.8. The monoisotopic (exact) mass is 696 g/mol. The van der Waals surface area contributed by atoms with Crippen LogP contribution in [0.25, 0.3) is 16.6 Å². The molecule has 0 saturated heterocycles. The summed E-state index contributed by atoms with van der Waals surface area (Å²) in [5.41, 5.74) is 5.86. The number of aliphatic hydroxyl groups is 1. The van der Waals surface area contributed by atoms with Gasteiger partial charge in [-0.25, -0.2) is 9.18 Å². The molecular formula is C37H33FN4O7S. The Kier molecular flexibility index (Phi) is 8.85. The number of cyclic esters (lactones) is 1. The molecule has 8 rings (SSSR count). The minimum atomic E-state index is -2.19. The smallest absolute Gasteiger partial charge is 0.342 e. The van der Waals surface area contributed by atoms with Crippen LogP contribution in [0.3, 0.4) is 0 Å². The first-order chi connectivity index (χ1) is 24.2. The number of fused-ring (bicyclic) bond motifs is 3. The molecule has 0 saturated carbocycles. The average molecular weight is 697 g/mol. The SMILES string of the molecule is CN1CCOc2ccc(C=O)cc21.COc1ccc(C2(O)OC(=O)C(c3ccc4nsnc4c3)=C2Cc2ccc3c(c2)N(C)CCO3)cc1F. The van der Waals surface area contributed by atoms with Crippen molar-refractivity contribution < 1.29 is 38.0 Å². The van der Waals surface area contributed by atoms with Crippen LogP contribution >= 0.6 is 11.7 Å². The molecule has 0 amide bonds. The van der Waals surface area contributed by atoms with Crippen molar-refractivity contribution >= 4 is 52.0 Å². The van der Waals surface area contributed by atoms with E-state index >= 15 is 0 Å². The molecule has 0 bridgehead atoms. The molecule has 3 aliphatic heterocycles. The lowest BCUT2D eigenvalue weighted by Crippen LogP contribution is -2.30. The second kappa shape index (κ2) is 13.4. The summed E-state index contributed by atoms with van der Waals surface area (Å²) in [7, 11) is 5.33. The van der Waals surface area contributed by atoms with E-state index in [1.807, 2.05) is 44.4 Å². The first kappa shape index (κ1) is 33.0. The molecule has 4 heterocycles. The third-order valence-corrected chi connectivity index (χ3v) is 9.51. The number of aldehydes is 1. The third kappa shape index (κ3) is 6.09. The number of benzene rings is 4. The van der Waals surface area contributed by atoms with E-state index in [9.17, 15) is 19.1 Å². The van der Waals surface area contributed by atoms with Crippen LogP contribution in [0.4, 0.5) is 15.8 Å². The summed E-state index contributed by atoms with van der Waals surface area (Å²) in [5.74, 6) is -1.94. The van der Waals surface area contributed by atoms with Crippen molar-refractivity contribution in [2.45, 2.75) is 12.2 Å². The van der Waals surface area contributed by atoms with Crippen molar-refractivity contribution in [3.63, 3.8) is 0 Å². The highest BCUT2D eigenvalue weighted by Crippen LogP contribution is 2.46. The van der Waals surface area contributed by atoms with E-state index in [-0.39, 0.29) is 23.3 Å². The van der Waals surface area contributed by atoms with Crippen molar-refractivity contribution in [3.8, 4) is 17.2 Å². The normalized spacial score (nSPS) is 18.0. The van der Waals surface area contributed by atoms with E-state index in [0.29, 0.717) is 40.9 Å². The summed E-state index contributed by atoms with van der Waals surface area (Å²) in [4.78, 5) is 28.0. The highest BCUT2D eigenvalue weighted by molar-refractivity contribution is 7.00. The minimum absolute atomic E-state index is 0.0154. The van der Waals surface area contributed by atoms with Gasteiger partial charge in [0.15, 0.2) is 11.6 Å². The maximum atomic E-state index is 14.7. The number of likely N-dealkylation sites (N-methyl/N-ethyl adjacent to an activating group) is 2. The second-order valence-corrected chi connectivity index (χ2v) is 12.6. The average Bonchev–Trinajstić information content (AvgIpc) is 3.70. The van der Waals surface area contributed by atoms with Crippen LogP contribution in [0, 0.1) is 5.82 Å². The third-order valence-electron chi connectivity index (χ3n) is 8.96. The summed E-state index contributed by atoms with van der Waals surface area (Å²) in [6.07, 6.45) is 1.02. The van der Waals surface area contributed by atoms with E-state index in [2.05, 4.69) is 18.5 Å². The Labute approximate surface area is 291 Å². The molecule has 1 unspecified atom stereocenters. The fraction of sp³-hybridized carbons (Fsp3) is 0.243. The van der Waals surface area contributed by atoms with Crippen molar-refractivity contribution in [2.24, 2.45) is 0 Å². The number of carbonyl (C=O) groups is 2. The zero-order valence-electron chi connectivity index (χ0n) is 27.5. The van der Waals surface area contributed by atoms with E-state index in [4.69, 9.17) is 18.9 Å². The van der Waals surface area contributed by atoms with Crippen molar-refractivity contribution in [1.82, 2.24) is 8.75 Å². The number of hydrogen-bond donors (Lipinski definition) is 1. The standard InChI is InChI=1S/C27H22FN3O5S.C10H11NO2/c1-31-9-10-35-24-7-3-15(12-22(24)31)11-18-25(16-4-6-20-21(13-16)30-37-29-20)26(32)36-27(18,33)17-5-8-23(34-2)19(28)14-17;1-11-4-5-13-10-3-2-8(7-12)6-9(10)11/h3-8,12-14,33H,9-11H2,1-2H3;2-3,6-7H,4-5H2,1H3. The van der Waals surface area contributed by atoms with Crippen molar-refractivity contribution in [1.29, 1.82) is 0 Å². The lowest BCUT2D eigenvalue weighted by Gasteiger charge is -2.29. The van der Waals surface area contributed by atoms with Gasteiger partial charge in [0.1, 0.15) is 42.0 Å². The fourth-order valence-corrected chi connectivity index (χ4v) is 6.76. The molecule has 0 radical (unpaired) electrons. The second-order valence-electron chi connectivity index (χ2n) is 12.1. The fourth-order valence-electron chi connectivity index (χ4n) is 6.24. The first-order valence-corrected chi connectivity index (χ1v) is 16.6. The molecule has 0 spiro atoms. The maximum Gasteiger partial charge on any atom is 0.342 e. The number of esters is 1. The number of rotatable bonds is 6. The van der Waals surface area contributed by atoms with Crippen molar-refractivity contribution in [3.05, 3.63) is 106 Å². The maximum absolute atomic E-state index is 14.7. The van der Waals surface area contributed by atoms with E-state index in [1.54, 1.807) is 24.3 Å². The topological polar surface area (TPSA) is 124 Å². The van der Waals surface area contributed by atoms with Crippen LogP contribution in [0.2, 0.25) is 0 Å². The van der Waals surface area contributed by atoms with Crippen LogP contribution in [0.5, 0.6) is 17.2 Å². The van der Waals surface area contributed by atoms with Gasteiger partial charge in [-0.3, -0.25) is 4.79 Å². The lowest BCUT2D eigenvalue weighted by atomic mass is 9.87. The number of ether oxygens (including phenoxy) is 4. The summed E-state index contributed by atoms with van der Waals surface area (Å²) >= 11 is 1.07. The lowest BCUT2D eigenvalue weighted by molar-refractivity contribution is -0.185. The molecule has 1 atom stereocenters. The van der Waals surface area contributed by atoms with Crippen LogP contribution < -0.4 is 24.0 Å². The predicted molar refractivity (Wildman–Crippen MR) is 187 cm³/mol.